The van der Waals surface area contributed by atoms with E-state index in [1.807, 2.05) is 6.92 Å². The van der Waals surface area contributed by atoms with Crippen LogP contribution in [-0.4, -0.2) is 34.5 Å². The number of ether oxygens (including phenoxy) is 2. The highest BCUT2D eigenvalue weighted by molar-refractivity contribution is 7.92. The molecule has 2 heterocycles. The summed E-state index contributed by atoms with van der Waals surface area (Å²) in [7, 11) is -3.72. The van der Waals surface area contributed by atoms with Crippen molar-refractivity contribution in [1.82, 2.24) is 19.5 Å². The van der Waals surface area contributed by atoms with Crippen molar-refractivity contribution in [2.24, 2.45) is 0 Å². The zero-order valence-electron chi connectivity index (χ0n) is 16.5. The van der Waals surface area contributed by atoms with E-state index in [-0.39, 0.29) is 4.90 Å². The van der Waals surface area contributed by atoms with Gasteiger partial charge in [-0.1, -0.05) is 0 Å². The summed E-state index contributed by atoms with van der Waals surface area (Å²) in [5.41, 5.74) is 0.406. The van der Waals surface area contributed by atoms with Crippen LogP contribution in [0.15, 0.2) is 84.5 Å². The van der Waals surface area contributed by atoms with Crippen molar-refractivity contribution in [1.29, 1.82) is 0 Å². The largest absolute Gasteiger partial charge is 0.494 e. The number of anilines is 1. The minimum absolute atomic E-state index is 0.143. The van der Waals surface area contributed by atoms with E-state index in [1.165, 1.54) is 18.5 Å². The molecule has 9 nitrogen and oxygen atoms in total. The van der Waals surface area contributed by atoms with E-state index in [4.69, 9.17) is 9.47 Å². The van der Waals surface area contributed by atoms with Crippen LogP contribution in [0.4, 0.5) is 5.69 Å². The van der Waals surface area contributed by atoms with E-state index in [9.17, 15) is 8.42 Å². The first kappa shape index (κ1) is 20.4. The smallest absolute Gasteiger partial charge is 0.261 e. The molecule has 0 aliphatic heterocycles. The third kappa shape index (κ3) is 4.98. The maximum Gasteiger partial charge on any atom is 0.261 e. The van der Waals surface area contributed by atoms with Crippen LogP contribution in [0.5, 0.6) is 17.4 Å². The lowest BCUT2D eigenvalue weighted by molar-refractivity contribution is 0.340. The van der Waals surface area contributed by atoms with Crippen LogP contribution in [0.3, 0.4) is 0 Å². The van der Waals surface area contributed by atoms with Gasteiger partial charge >= 0.3 is 0 Å². The Balaban J connectivity index is 1.44. The van der Waals surface area contributed by atoms with E-state index in [1.54, 1.807) is 65.8 Å². The summed E-state index contributed by atoms with van der Waals surface area (Å²) >= 11 is 0. The molecule has 0 saturated carbocycles. The molecule has 0 unspecified atom stereocenters. The first-order chi connectivity index (χ1) is 15.0. The zero-order chi connectivity index (χ0) is 21.7. The molecule has 0 spiro atoms. The van der Waals surface area contributed by atoms with Gasteiger partial charge in [-0.3, -0.25) is 9.29 Å². The molecule has 0 amide bonds. The summed E-state index contributed by atoms with van der Waals surface area (Å²) in [6, 6.07) is 14.4. The number of hydrogen-bond acceptors (Lipinski definition) is 7. The van der Waals surface area contributed by atoms with Crippen LogP contribution in [0, 0.1) is 0 Å². The van der Waals surface area contributed by atoms with Crippen LogP contribution < -0.4 is 14.2 Å². The fourth-order valence-corrected chi connectivity index (χ4v) is 3.79. The minimum atomic E-state index is -3.72. The highest BCUT2D eigenvalue weighted by Crippen LogP contribution is 2.24. The third-order valence-electron chi connectivity index (χ3n) is 4.17. The number of rotatable bonds is 8. The van der Waals surface area contributed by atoms with Crippen molar-refractivity contribution >= 4 is 15.7 Å². The second-order valence-electron chi connectivity index (χ2n) is 6.32. The highest BCUT2D eigenvalue weighted by atomic mass is 32.2. The van der Waals surface area contributed by atoms with Crippen molar-refractivity contribution in [2.75, 3.05) is 11.3 Å². The van der Waals surface area contributed by atoms with Crippen molar-refractivity contribution < 1.29 is 17.9 Å². The van der Waals surface area contributed by atoms with Crippen LogP contribution in [0.1, 0.15) is 6.92 Å². The summed E-state index contributed by atoms with van der Waals surface area (Å²) in [5.74, 6) is 2.08. The Labute approximate surface area is 179 Å². The van der Waals surface area contributed by atoms with Gasteiger partial charge in [-0.05, 0) is 55.5 Å². The predicted octanol–water partition coefficient (Wildman–Crippen LogP) is 3.65. The average molecular weight is 437 g/mol. The molecular formula is C21H19N5O4S. The molecule has 0 atom stereocenters. The topological polar surface area (TPSA) is 108 Å². The number of benzene rings is 2. The molecule has 4 rings (SSSR count). The fourth-order valence-electron chi connectivity index (χ4n) is 2.73. The van der Waals surface area contributed by atoms with Gasteiger partial charge in [0.15, 0.2) is 0 Å². The lowest BCUT2D eigenvalue weighted by atomic mass is 10.3. The first-order valence-corrected chi connectivity index (χ1v) is 10.9. The second kappa shape index (κ2) is 8.84. The van der Waals surface area contributed by atoms with E-state index >= 15 is 0 Å². The molecule has 0 saturated heterocycles. The van der Waals surface area contributed by atoms with Gasteiger partial charge in [0, 0.05) is 24.1 Å². The molecule has 158 valence electrons. The van der Waals surface area contributed by atoms with Crippen LogP contribution in [0.2, 0.25) is 0 Å². The molecule has 2 aromatic heterocycles. The van der Waals surface area contributed by atoms with Gasteiger partial charge in [-0.15, -0.1) is 0 Å². The van der Waals surface area contributed by atoms with Gasteiger partial charge in [0.2, 0.25) is 5.88 Å². The van der Waals surface area contributed by atoms with Gasteiger partial charge in [0.05, 0.1) is 11.5 Å². The number of hydrogen-bond donors (Lipinski definition) is 1. The Morgan fingerprint density at radius 2 is 1.74 bits per heavy atom. The molecular weight excluding hydrogens is 418 g/mol. The van der Waals surface area contributed by atoms with Gasteiger partial charge in [-0.25, -0.2) is 23.4 Å². The molecule has 4 aromatic rings. The maximum absolute atomic E-state index is 12.6. The standard InChI is InChI=1S/C21H19N5O4S/c1-2-29-17-7-9-19(10-8-17)31(27,28)25-16-3-5-18(6-4-16)30-21-13-20(23-14-24-21)26-12-11-22-15-26/h3-15,25H,2H2,1H3. The predicted molar refractivity (Wildman–Crippen MR) is 114 cm³/mol. The summed E-state index contributed by atoms with van der Waals surface area (Å²) in [4.78, 5) is 12.4. The molecule has 2 aromatic carbocycles. The quantitative estimate of drug-likeness (QED) is 0.448. The summed E-state index contributed by atoms with van der Waals surface area (Å²) in [6.45, 7) is 2.38. The molecule has 0 aliphatic carbocycles. The number of nitrogens with one attached hydrogen (secondary N) is 1. The van der Waals surface area contributed by atoms with E-state index in [0.29, 0.717) is 35.5 Å². The van der Waals surface area contributed by atoms with Crippen molar-refractivity contribution in [3.63, 3.8) is 0 Å². The molecule has 0 radical (unpaired) electrons. The maximum atomic E-state index is 12.6. The Morgan fingerprint density at radius 1 is 1.00 bits per heavy atom. The minimum Gasteiger partial charge on any atom is -0.494 e. The van der Waals surface area contributed by atoms with Crippen molar-refractivity contribution in [3.05, 3.63) is 79.6 Å². The lowest BCUT2D eigenvalue weighted by Gasteiger charge is -2.10. The summed E-state index contributed by atoms with van der Waals surface area (Å²) in [5, 5.41) is 0. The summed E-state index contributed by atoms with van der Waals surface area (Å²) < 4.78 is 40.5. The molecule has 1 N–H and O–H groups in total. The van der Waals surface area contributed by atoms with E-state index in [0.717, 1.165) is 0 Å². The van der Waals surface area contributed by atoms with Gasteiger partial charge in [0.1, 0.15) is 30.0 Å². The fraction of sp³-hybridized carbons (Fsp3) is 0.0952. The normalized spacial score (nSPS) is 11.1. The van der Waals surface area contributed by atoms with Gasteiger partial charge in [-0.2, -0.15) is 0 Å². The van der Waals surface area contributed by atoms with E-state index in [2.05, 4.69) is 19.7 Å². The monoisotopic (exact) mass is 437 g/mol. The van der Waals surface area contributed by atoms with Gasteiger partial charge < -0.3 is 9.47 Å². The zero-order valence-corrected chi connectivity index (χ0v) is 17.4. The summed E-state index contributed by atoms with van der Waals surface area (Å²) in [6.07, 6.45) is 6.43. The molecule has 0 aliphatic rings. The number of imidazole rings is 1. The Kier molecular flexibility index (Phi) is 5.80. The number of sulfonamides is 1. The number of aromatic nitrogens is 4. The Bertz CT molecular complexity index is 1240. The molecule has 0 bridgehead atoms. The Morgan fingerprint density at radius 3 is 2.42 bits per heavy atom. The third-order valence-corrected chi connectivity index (χ3v) is 5.57. The second-order valence-corrected chi connectivity index (χ2v) is 8.00. The van der Waals surface area contributed by atoms with E-state index < -0.39 is 10.0 Å². The van der Waals surface area contributed by atoms with Gasteiger partial charge in [0.25, 0.3) is 10.0 Å². The number of nitrogens with zero attached hydrogens (tertiary/aromatic N) is 4. The highest BCUT2D eigenvalue weighted by Gasteiger charge is 2.14. The molecule has 31 heavy (non-hydrogen) atoms. The van der Waals surface area contributed by atoms with Crippen LogP contribution >= 0.6 is 0 Å². The lowest BCUT2D eigenvalue weighted by Crippen LogP contribution is -2.12. The SMILES string of the molecule is CCOc1ccc(S(=O)(=O)Nc2ccc(Oc3cc(-n4ccnc4)ncn3)cc2)cc1. The van der Waals surface area contributed by atoms with Crippen molar-refractivity contribution in [2.45, 2.75) is 11.8 Å². The average Bonchev–Trinajstić information content (AvgIpc) is 3.31. The Hall–Kier alpha value is -3.92. The first-order valence-electron chi connectivity index (χ1n) is 9.37. The van der Waals surface area contributed by atoms with Crippen molar-refractivity contribution in [3.8, 4) is 23.2 Å². The molecule has 0 fully saturated rings. The molecule has 10 heteroatoms. The van der Waals surface area contributed by atoms with Crippen LogP contribution in [0.25, 0.3) is 5.82 Å². The van der Waals surface area contributed by atoms with Crippen LogP contribution in [-0.2, 0) is 10.0 Å².